The number of nitrogens with one attached hydrogen (secondary N) is 1. The molecule has 9 heteroatoms. The van der Waals surface area contributed by atoms with E-state index in [0.29, 0.717) is 19.8 Å². The number of hydrogen-bond donors (Lipinski definition) is 1. The summed E-state index contributed by atoms with van der Waals surface area (Å²) in [7, 11) is 2.80. The normalized spacial score (nSPS) is 15.2. The SMILES string of the molecule is COc1cc(C(=O)NCC(c2ccc(C)cc2)N2CCOCC2)c([N+](=O)[O-])cc1OC. The van der Waals surface area contributed by atoms with Crippen molar-refractivity contribution in [2.24, 2.45) is 0 Å². The molecule has 1 heterocycles. The van der Waals surface area contributed by atoms with E-state index in [1.165, 1.54) is 26.4 Å². The predicted molar refractivity (Wildman–Crippen MR) is 115 cm³/mol. The summed E-state index contributed by atoms with van der Waals surface area (Å²) >= 11 is 0. The number of carbonyl (C=O) groups excluding carboxylic acids is 1. The molecule has 1 aliphatic rings. The van der Waals surface area contributed by atoms with E-state index in [-0.39, 0.29) is 28.8 Å². The third kappa shape index (κ3) is 5.31. The fourth-order valence-corrected chi connectivity index (χ4v) is 3.62. The zero-order chi connectivity index (χ0) is 22.4. The summed E-state index contributed by atoms with van der Waals surface area (Å²) in [6.07, 6.45) is 0. The Morgan fingerprint density at radius 1 is 1.16 bits per heavy atom. The number of amides is 1. The number of ether oxygens (including phenoxy) is 3. The molecule has 2 aromatic carbocycles. The van der Waals surface area contributed by atoms with Crippen LogP contribution >= 0.6 is 0 Å². The maximum atomic E-state index is 13.0. The number of morpholine rings is 1. The monoisotopic (exact) mass is 429 g/mol. The first-order valence-corrected chi connectivity index (χ1v) is 10.0. The van der Waals surface area contributed by atoms with E-state index in [1.807, 2.05) is 31.2 Å². The van der Waals surface area contributed by atoms with Gasteiger partial charge in [0.2, 0.25) is 0 Å². The quantitative estimate of drug-likeness (QED) is 0.508. The average Bonchev–Trinajstić information content (AvgIpc) is 2.79. The van der Waals surface area contributed by atoms with Crippen LogP contribution in [0.15, 0.2) is 36.4 Å². The molecule has 0 radical (unpaired) electrons. The molecule has 0 saturated carbocycles. The van der Waals surface area contributed by atoms with Gasteiger partial charge in [-0.2, -0.15) is 0 Å². The van der Waals surface area contributed by atoms with Crippen molar-refractivity contribution < 1.29 is 23.9 Å². The van der Waals surface area contributed by atoms with Gasteiger partial charge in [0.1, 0.15) is 5.56 Å². The maximum Gasteiger partial charge on any atom is 0.286 e. The number of methoxy groups -OCH3 is 2. The van der Waals surface area contributed by atoms with Crippen molar-refractivity contribution in [3.05, 3.63) is 63.2 Å². The number of hydrogen-bond acceptors (Lipinski definition) is 7. The first-order chi connectivity index (χ1) is 14.9. The molecular formula is C22H27N3O6. The highest BCUT2D eigenvalue weighted by molar-refractivity contribution is 5.99. The van der Waals surface area contributed by atoms with Crippen LogP contribution in [-0.4, -0.2) is 62.8 Å². The Labute approximate surface area is 181 Å². The zero-order valence-electron chi connectivity index (χ0n) is 17.9. The Bertz CT molecular complexity index is 926. The molecule has 0 bridgehead atoms. The molecule has 0 spiro atoms. The van der Waals surface area contributed by atoms with Gasteiger partial charge in [0.05, 0.1) is 44.5 Å². The molecule has 9 nitrogen and oxygen atoms in total. The van der Waals surface area contributed by atoms with Gasteiger partial charge in [0.15, 0.2) is 11.5 Å². The smallest absolute Gasteiger partial charge is 0.286 e. The van der Waals surface area contributed by atoms with Crippen LogP contribution in [0.5, 0.6) is 11.5 Å². The number of nitrogens with zero attached hydrogens (tertiary/aromatic N) is 2. The van der Waals surface area contributed by atoms with Crippen molar-refractivity contribution in [3.63, 3.8) is 0 Å². The van der Waals surface area contributed by atoms with E-state index in [9.17, 15) is 14.9 Å². The second kappa shape index (κ2) is 10.2. The van der Waals surface area contributed by atoms with Gasteiger partial charge in [-0.3, -0.25) is 19.8 Å². The van der Waals surface area contributed by atoms with E-state index < -0.39 is 10.8 Å². The molecule has 1 aliphatic heterocycles. The third-order valence-electron chi connectivity index (χ3n) is 5.35. The molecule has 2 aromatic rings. The first-order valence-electron chi connectivity index (χ1n) is 10.0. The summed E-state index contributed by atoms with van der Waals surface area (Å²) in [6.45, 7) is 5.05. The summed E-state index contributed by atoms with van der Waals surface area (Å²) < 4.78 is 15.8. The van der Waals surface area contributed by atoms with E-state index in [2.05, 4.69) is 10.2 Å². The highest BCUT2D eigenvalue weighted by Gasteiger charge is 2.27. The second-order valence-electron chi connectivity index (χ2n) is 7.27. The van der Waals surface area contributed by atoms with E-state index >= 15 is 0 Å². The lowest BCUT2D eigenvalue weighted by molar-refractivity contribution is -0.385. The lowest BCUT2D eigenvalue weighted by atomic mass is 10.0. The highest BCUT2D eigenvalue weighted by atomic mass is 16.6. The fourth-order valence-electron chi connectivity index (χ4n) is 3.62. The largest absolute Gasteiger partial charge is 0.493 e. The molecule has 1 amide bonds. The molecule has 1 N–H and O–H groups in total. The van der Waals surface area contributed by atoms with Gasteiger partial charge in [-0.1, -0.05) is 29.8 Å². The van der Waals surface area contributed by atoms with Crippen LogP contribution in [0.1, 0.15) is 27.5 Å². The van der Waals surface area contributed by atoms with E-state index in [1.54, 1.807) is 0 Å². The molecule has 3 rings (SSSR count). The molecule has 1 unspecified atom stereocenters. The fraction of sp³-hybridized carbons (Fsp3) is 0.409. The van der Waals surface area contributed by atoms with Crippen molar-refractivity contribution >= 4 is 11.6 Å². The Balaban J connectivity index is 1.85. The van der Waals surface area contributed by atoms with E-state index in [0.717, 1.165) is 24.2 Å². The minimum atomic E-state index is -0.601. The highest BCUT2D eigenvalue weighted by Crippen LogP contribution is 2.34. The third-order valence-corrected chi connectivity index (χ3v) is 5.35. The van der Waals surface area contributed by atoms with Crippen molar-refractivity contribution in [2.45, 2.75) is 13.0 Å². The Morgan fingerprint density at radius 2 is 1.77 bits per heavy atom. The summed E-state index contributed by atoms with van der Waals surface area (Å²) in [5.74, 6) is -0.101. The van der Waals surface area contributed by atoms with Crippen LogP contribution in [0.4, 0.5) is 5.69 Å². The molecule has 1 atom stereocenters. The van der Waals surface area contributed by atoms with Gasteiger partial charge < -0.3 is 19.5 Å². The standard InChI is InChI=1S/C22H27N3O6/c1-15-4-6-16(7-5-15)19(24-8-10-31-11-9-24)14-23-22(26)17-12-20(29-2)21(30-3)13-18(17)25(27)28/h4-7,12-13,19H,8-11,14H2,1-3H3,(H,23,26). The predicted octanol–water partition coefficient (Wildman–Crippen LogP) is 2.72. The molecular weight excluding hydrogens is 402 g/mol. The number of rotatable bonds is 8. The molecule has 0 aromatic heterocycles. The molecule has 166 valence electrons. The van der Waals surface area contributed by atoms with Crippen LogP contribution in [0, 0.1) is 17.0 Å². The number of nitro benzene ring substituents is 1. The molecule has 31 heavy (non-hydrogen) atoms. The number of aryl methyl sites for hydroxylation is 1. The van der Waals surface area contributed by atoms with E-state index in [4.69, 9.17) is 14.2 Å². The lowest BCUT2D eigenvalue weighted by Gasteiger charge is -2.35. The topological polar surface area (TPSA) is 103 Å². The van der Waals surface area contributed by atoms with Gasteiger partial charge in [-0.15, -0.1) is 0 Å². The van der Waals surface area contributed by atoms with Crippen LogP contribution in [0.2, 0.25) is 0 Å². The Morgan fingerprint density at radius 3 is 2.35 bits per heavy atom. The van der Waals surface area contributed by atoms with Crippen molar-refractivity contribution in [3.8, 4) is 11.5 Å². The number of carbonyl (C=O) groups is 1. The second-order valence-corrected chi connectivity index (χ2v) is 7.27. The van der Waals surface area contributed by atoms with Gasteiger partial charge in [0, 0.05) is 25.7 Å². The minimum Gasteiger partial charge on any atom is -0.493 e. The average molecular weight is 429 g/mol. The molecule has 0 aliphatic carbocycles. The van der Waals surface area contributed by atoms with Crippen molar-refractivity contribution in [1.82, 2.24) is 10.2 Å². The summed E-state index contributed by atoms with van der Waals surface area (Å²) in [4.78, 5) is 26.1. The van der Waals surface area contributed by atoms with Crippen LogP contribution < -0.4 is 14.8 Å². The summed E-state index contributed by atoms with van der Waals surface area (Å²) in [6, 6.07) is 10.6. The van der Waals surface area contributed by atoms with Gasteiger partial charge >= 0.3 is 0 Å². The van der Waals surface area contributed by atoms with Gasteiger partial charge in [-0.05, 0) is 12.5 Å². The van der Waals surface area contributed by atoms with Gasteiger partial charge in [0.25, 0.3) is 11.6 Å². The number of benzene rings is 2. The van der Waals surface area contributed by atoms with Crippen LogP contribution in [-0.2, 0) is 4.74 Å². The first kappa shape index (κ1) is 22.5. The van der Waals surface area contributed by atoms with Gasteiger partial charge in [-0.25, -0.2) is 0 Å². The number of nitro groups is 1. The zero-order valence-corrected chi connectivity index (χ0v) is 17.9. The molecule has 1 saturated heterocycles. The maximum absolute atomic E-state index is 13.0. The Kier molecular flexibility index (Phi) is 7.43. The summed E-state index contributed by atoms with van der Waals surface area (Å²) in [5.41, 5.74) is 1.80. The minimum absolute atomic E-state index is 0.0762. The summed E-state index contributed by atoms with van der Waals surface area (Å²) in [5, 5.41) is 14.4. The van der Waals surface area contributed by atoms with Crippen LogP contribution in [0.25, 0.3) is 0 Å². The lowest BCUT2D eigenvalue weighted by Crippen LogP contribution is -2.43. The van der Waals surface area contributed by atoms with Crippen molar-refractivity contribution in [2.75, 3.05) is 47.1 Å². The molecule has 1 fully saturated rings. The van der Waals surface area contributed by atoms with Crippen molar-refractivity contribution in [1.29, 1.82) is 0 Å². The Hall–Kier alpha value is -3.17. The van der Waals surface area contributed by atoms with Crippen LogP contribution in [0.3, 0.4) is 0 Å².